The van der Waals surface area contributed by atoms with E-state index >= 15 is 0 Å². The van der Waals surface area contributed by atoms with E-state index in [2.05, 4.69) is 16.9 Å². The van der Waals surface area contributed by atoms with Gasteiger partial charge in [0.15, 0.2) is 11.5 Å². The predicted octanol–water partition coefficient (Wildman–Crippen LogP) is 5.47. The lowest BCUT2D eigenvalue weighted by atomic mass is 10.1. The van der Waals surface area contributed by atoms with Crippen LogP contribution < -0.4 is 20.3 Å². The van der Waals surface area contributed by atoms with E-state index in [-0.39, 0.29) is 24.3 Å². The molecule has 0 atom stereocenters. The summed E-state index contributed by atoms with van der Waals surface area (Å²) < 4.78 is 20.8. The molecule has 12 heteroatoms. The van der Waals surface area contributed by atoms with Crippen molar-refractivity contribution in [3.63, 3.8) is 0 Å². The topological polar surface area (TPSA) is 126 Å². The van der Waals surface area contributed by atoms with Crippen molar-refractivity contribution >= 4 is 28.8 Å². The van der Waals surface area contributed by atoms with Gasteiger partial charge in [-0.3, -0.25) is 4.79 Å². The molecule has 2 fully saturated rings. The highest BCUT2D eigenvalue weighted by Crippen LogP contribution is 2.30. The number of anilines is 2. The predicted molar refractivity (Wildman–Crippen MR) is 171 cm³/mol. The SMILES string of the molecule is C=CCn1c(=O)c2cnc(Nc3ccc(OCC4CC4)cc3)nc2n1-c1cccc(OC2CCN(C(=O)OC(C)(C)C)CC2)n1. The van der Waals surface area contributed by atoms with Crippen LogP contribution in [0.25, 0.3) is 16.9 Å². The molecular formula is C33H39N7O5. The van der Waals surface area contributed by atoms with Crippen LogP contribution in [0.2, 0.25) is 0 Å². The molecular weight excluding hydrogens is 574 g/mol. The van der Waals surface area contributed by atoms with Crippen LogP contribution in [-0.4, -0.2) is 66.7 Å². The van der Waals surface area contributed by atoms with Gasteiger partial charge in [0, 0.05) is 43.9 Å². The van der Waals surface area contributed by atoms with Gasteiger partial charge in [-0.1, -0.05) is 12.1 Å². The van der Waals surface area contributed by atoms with E-state index in [0.717, 1.165) is 18.0 Å². The summed E-state index contributed by atoms with van der Waals surface area (Å²) in [6.45, 7) is 11.5. The Morgan fingerprint density at radius 3 is 2.51 bits per heavy atom. The fourth-order valence-electron chi connectivity index (χ4n) is 5.11. The van der Waals surface area contributed by atoms with Gasteiger partial charge in [-0.25, -0.2) is 19.1 Å². The quantitative estimate of drug-likeness (QED) is 0.232. The van der Waals surface area contributed by atoms with Crippen LogP contribution in [0.15, 0.2) is 66.1 Å². The van der Waals surface area contributed by atoms with Crippen LogP contribution >= 0.6 is 0 Å². The molecule has 0 spiro atoms. The summed E-state index contributed by atoms with van der Waals surface area (Å²) in [6.07, 6.45) is 6.51. The van der Waals surface area contributed by atoms with Crippen molar-refractivity contribution in [3.8, 4) is 17.4 Å². The van der Waals surface area contributed by atoms with Gasteiger partial charge in [0.2, 0.25) is 11.8 Å². The van der Waals surface area contributed by atoms with Gasteiger partial charge in [0.25, 0.3) is 5.56 Å². The lowest BCUT2D eigenvalue weighted by molar-refractivity contribution is 0.0123. The van der Waals surface area contributed by atoms with Gasteiger partial charge in [0.05, 0.1) is 13.2 Å². The normalized spacial score (nSPS) is 15.6. The zero-order valence-corrected chi connectivity index (χ0v) is 25.9. The van der Waals surface area contributed by atoms with Crippen molar-refractivity contribution < 1.29 is 19.0 Å². The lowest BCUT2D eigenvalue weighted by Gasteiger charge is -2.33. The average molecular weight is 614 g/mol. The molecule has 2 aliphatic rings. The molecule has 4 aromatic rings. The number of carbonyl (C=O) groups is 1. The number of likely N-dealkylation sites (tertiary alicyclic amines) is 1. The molecule has 1 saturated carbocycles. The molecule has 236 valence electrons. The third-order valence-electron chi connectivity index (χ3n) is 7.58. The Morgan fingerprint density at radius 1 is 1.07 bits per heavy atom. The number of nitrogens with one attached hydrogen (secondary N) is 1. The highest BCUT2D eigenvalue weighted by atomic mass is 16.6. The summed E-state index contributed by atoms with van der Waals surface area (Å²) in [6, 6.07) is 13.1. The monoisotopic (exact) mass is 613 g/mol. The molecule has 6 rings (SSSR count). The van der Waals surface area contributed by atoms with Crippen molar-refractivity contribution in [1.29, 1.82) is 0 Å². The maximum absolute atomic E-state index is 13.4. The minimum absolute atomic E-state index is 0.119. The number of benzene rings is 1. The first kappa shape index (κ1) is 30.2. The maximum atomic E-state index is 13.4. The third kappa shape index (κ3) is 7.27. The molecule has 45 heavy (non-hydrogen) atoms. The third-order valence-corrected chi connectivity index (χ3v) is 7.58. The number of pyridine rings is 1. The molecule has 1 amide bonds. The molecule has 1 aliphatic carbocycles. The van der Waals surface area contributed by atoms with Gasteiger partial charge in [-0.15, -0.1) is 6.58 Å². The first-order chi connectivity index (χ1) is 21.7. The molecule has 1 N–H and O–H groups in total. The van der Waals surface area contributed by atoms with E-state index in [4.69, 9.17) is 24.2 Å². The fourth-order valence-corrected chi connectivity index (χ4v) is 5.11. The van der Waals surface area contributed by atoms with Crippen molar-refractivity contribution in [2.75, 3.05) is 25.0 Å². The summed E-state index contributed by atoms with van der Waals surface area (Å²) in [5, 5.41) is 3.58. The van der Waals surface area contributed by atoms with E-state index < -0.39 is 5.60 Å². The Bertz CT molecular complexity index is 1730. The van der Waals surface area contributed by atoms with Crippen molar-refractivity contribution in [2.45, 2.75) is 64.7 Å². The number of hydrogen-bond acceptors (Lipinski definition) is 9. The van der Waals surface area contributed by atoms with Crippen LogP contribution in [0.1, 0.15) is 46.5 Å². The maximum Gasteiger partial charge on any atom is 0.410 e. The molecule has 0 bridgehead atoms. The summed E-state index contributed by atoms with van der Waals surface area (Å²) >= 11 is 0. The molecule has 1 aliphatic heterocycles. The summed E-state index contributed by atoms with van der Waals surface area (Å²) in [5.74, 6) is 2.72. The minimum atomic E-state index is -0.540. The van der Waals surface area contributed by atoms with Crippen LogP contribution in [0.4, 0.5) is 16.4 Å². The number of fused-ring (bicyclic) bond motifs is 1. The summed E-state index contributed by atoms with van der Waals surface area (Å²) in [5.41, 5.74) is 0.399. The highest BCUT2D eigenvalue weighted by molar-refractivity contribution is 5.77. The average Bonchev–Trinajstić information content (AvgIpc) is 3.81. The second-order valence-electron chi connectivity index (χ2n) is 12.4. The van der Waals surface area contributed by atoms with Gasteiger partial charge in [-0.05, 0) is 69.9 Å². The smallest absolute Gasteiger partial charge is 0.410 e. The molecule has 0 radical (unpaired) electrons. The number of hydrogen-bond donors (Lipinski definition) is 1. The molecule has 12 nitrogen and oxygen atoms in total. The van der Waals surface area contributed by atoms with E-state index in [1.807, 2.05) is 51.1 Å². The van der Waals surface area contributed by atoms with Crippen LogP contribution in [0.5, 0.6) is 11.6 Å². The molecule has 3 aromatic heterocycles. The molecule has 4 heterocycles. The largest absolute Gasteiger partial charge is 0.493 e. The number of nitrogens with zero attached hydrogens (tertiary/aromatic N) is 6. The van der Waals surface area contributed by atoms with Crippen LogP contribution in [0, 0.1) is 5.92 Å². The summed E-state index contributed by atoms with van der Waals surface area (Å²) in [7, 11) is 0. The van der Waals surface area contributed by atoms with Gasteiger partial charge in [-0.2, -0.15) is 9.97 Å². The van der Waals surface area contributed by atoms with Crippen LogP contribution in [0.3, 0.4) is 0 Å². The summed E-state index contributed by atoms with van der Waals surface area (Å²) in [4.78, 5) is 41.4. The van der Waals surface area contributed by atoms with Gasteiger partial charge >= 0.3 is 6.09 Å². The number of ether oxygens (including phenoxy) is 3. The Balaban J connectivity index is 1.20. The number of aromatic nitrogens is 5. The van der Waals surface area contributed by atoms with E-state index in [1.165, 1.54) is 23.7 Å². The number of amides is 1. The number of allylic oxidation sites excluding steroid dienone is 1. The second-order valence-corrected chi connectivity index (χ2v) is 12.4. The fraction of sp³-hybridized carbons (Fsp3) is 0.424. The number of carbonyl (C=O) groups excluding carboxylic acids is 1. The zero-order chi connectivity index (χ0) is 31.6. The standard InChI is InChI=1S/C33H39N7O5/c1-5-17-39-30(41)26-20-34-31(35-23-11-13-24(14-12-23)43-21-22-9-10-22)37-29(26)40(39)27-7-6-8-28(36-27)44-25-15-18-38(19-16-25)32(42)45-33(2,3)4/h5-8,11-14,20,22,25H,1,9-10,15-19,21H2,2-4H3,(H,34,35,37). The minimum Gasteiger partial charge on any atom is -0.493 e. The Morgan fingerprint density at radius 2 is 1.82 bits per heavy atom. The Labute approximate surface area is 261 Å². The van der Waals surface area contributed by atoms with E-state index in [0.29, 0.717) is 60.5 Å². The molecule has 0 unspecified atom stereocenters. The molecule has 1 saturated heterocycles. The molecule has 1 aromatic carbocycles. The first-order valence-electron chi connectivity index (χ1n) is 15.4. The number of piperidine rings is 1. The van der Waals surface area contributed by atoms with Crippen molar-refractivity contribution in [1.82, 2.24) is 29.2 Å². The van der Waals surface area contributed by atoms with Crippen LogP contribution in [-0.2, 0) is 11.3 Å². The highest BCUT2D eigenvalue weighted by Gasteiger charge is 2.28. The van der Waals surface area contributed by atoms with E-state index in [9.17, 15) is 9.59 Å². The van der Waals surface area contributed by atoms with Gasteiger partial charge < -0.3 is 24.4 Å². The van der Waals surface area contributed by atoms with Crippen molar-refractivity contribution in [3.05, 3.63) is 71.7 Å². The van der Waals surface area contributed by atoms with E-state index in [1.54, 1.807) is 27.8 Å². The lowest BCUT2D eigenvalue weighted by Crippen LogP contribution is -2.44. The Kier molecular flexibility index (Phi) is 8.46. The number of rotatable bonds is 10. The second kappa shape index (κ2) is 12.6. The van der Waals surface area contributed by atoms with Gasteiger partial charge in [0.1, 0.15) is 22.8 Å². The van der Waals surface area contributed by atoms with Crippen molar-refractivity contribution in [2.24, 2.45) is 5.92 Å². The zero-order valence-electron chi connectivity index (χ0n) is 25.9. The Hall–Kier alpha value is -4.87. The first-order valence-corrected chi connectivity index (χ1v) is 15.4.